The number of fused-ring (bicyclic) bond motifs is 1. The van der Waals surface area contributed by atoms with Crippen molar-refractivity contribution in [3.8, 4) is 11.4 Å². The van der Waals surface area contributed by atoms with Crippen molar-refractivity contribution in [3.63, 3.8) is 0 Å². The Hall–Kier alpha value is -4.50. The molecule has 0 radical (unpaired) electrons. The molecule has 0 saturated heterocycles. The summed E-state index contributed by atoms with van der Waals surface area (Å²) in [5, 5.41) is 7.34. The van der Waals surface area contributed by atoms with Crippen molar-refractivity contribution in [2.45, 2.75) is 20.0 Å². The number of para-hydroxylation sites is 1. The molecule has 5 rings (SSSR count). The van der Waals surface area contributed by atoms with Crippen LogP contribution in [0.3, 0.4) is 0 Å². The van der Waals surface area contributed by atoms with Crippen molar-refractivity contribution in [1.29, 1.82) is 0 Å². The van der Waals surface area contributed by atoms with Crippen molar-refractivity contribution in [2.24, 2.45) is 0 Å². The Morgan fingerprint density at radius 1 is 1.00 bits per heavy atom. The number of aromatic nitrogens is 4. The van der Waals surface area contributed by atoms with E-state index < -0.39 is 17.2 Å². The van der Waals surface area contributed by atoms with Crippen LogP contribution < -0.4 is 16.6 Å². The molecule has 0 bridgehead atoms. The molecule has 0 saturated carbocycles. The smallest absolute Gasteiger partial charge is 0.332 e. The zero-order valence-electron chi connectivity index (χ0n) is 19.1. The third-order valence-corrected chi connectivity index (χ3v) is 5.94. The van der Waals surface area contributed by atoms with Gasteiger partial charge in [0.25, 0.3) is 5.56 Å². The van der Waals surface area contributed by atoms with Crippen LogP contribution in [0.1, 0.15) is 11.5 Å². The van der Waals surface area contributed by atoms with E-state index in [1.54, 1.807) is 36.4 Å². The van der Waals surface area contributed by atoms with E-state index in [-0.39, 0.29) is 24.4 Å². The van der Waals surface area contributed by atoms with Crippen LogP contribution in [0.15, 0.2) is 86.9 Å². The molecule has 0 aliphatic heterocycles. The summed E-state index contributed by atoms with van der Waals surface area (Å²) in [6.07, 6.45) is 0. The number of rotatable bonds is 6. The van der Waals surface area contributed by atoms with E-state index in [1.165, 1.54) is 4.57 Å². The Labute approximate surface area is 209 Å². The van der Waals surface area contributed by atoms with Crippen LogP contribution in [0.4, 0.5) is 5.69 Å². The molecule has 10 heteroatoms. The summed E-state index contributed by atoms with van der Waals surface area (Å²) in [5.41, 5.74) is 1.25. The number of nitrogens with one attached hydrogen (secondary N) is 1. The number of nitrogens with zero attached hydrogens (tertiary/aromatic N) is 4. The largest absolute Gasteiger partial charge is 0.337 e. The molecule has 36 heavy (non-hydrogen) atoms. The number of halogens is 1. The highest BCUT2D eigenvalue weighted by atomic mass is 35.5. The van der Waals surface area contributed by atoms with Gasteiger partial charge in [-0.25, -0.2) is 4.79 Å². The Balaban J connectivity index is 1.50. The van der Waals surface area contributed by atoms with E-state index in [9.17, 15) is 14.4 Å². The van der Waals surface area contributed by atoms with Crippen LogP contribution in [0, 0.1) is 6.92 Å². The second kappa shape index (κ2) is 9.63. The van der Waals surface area contributed by atoms with E-state index in [1.807, 2.05) is 43.3 Å². The van der Waals surface area contributed by atoms with E-state index in [0.29, 0.717) is 22.1 Å². The average molecular weight is 502 g/mol. The van der Waals surface area contributed by atoms with Crippen LogP contribution in [-0.2, 0) is 17.9 Å². The molecule has 0 fully saturated rings. The van der Waals surface area contributed by atoms with Crippen LogP contribution in [0.5, 0.6) is 0 Å². The molecular weight excluding hydrogens is 482 g/mol. The first-order chi connectivity index (χ1) is 17.4. The van der Waals surface area contributed by atoms with Crippen molar-refractivity contribution < 1.29 is 9.32 Å². The molecule has 1 amide bonds. The fraction of sp³-hybridized carbons (Fsp3) is 0.115. The van der Waals surface area contributed by atoms with Crippen LogP contribution in [0.2, 0.25) is 5.02 Å². The summed E-state index contributed by atoms with van der Waals surface area (Å²) in [6.45, 7) is 1.31. The van der Waals surface area contributed by atoms with Gasteiger partial charge in [-0.15, -0.1) is 0 Å². The number of anilines is 1. The SMILES string of the molecule is Cc1ccc(NC(=O)Cn2c(=O)n(Cc3nc(-c4ccccc4)no3)c(=O)c3ccccc32)c(Cl)c1. The molecular formula is C26H20ClN5O4. The third-order valence-electron chi connectivity index (χ3n) is 5.63. The first-order valence-corrected chi connectivity index (χ1v) is 11.4. The summed E-state index contributed by atoms with van der Waals surface area (Å²) >= 11 is 6.23. The summed E-state index contributed by atoms with van der Waals surface area (Å²) in [6, 6.07) is 21.0. The lowest BCUT2D eigenvalue weighted by atomic mass is 10.2. The van der Waals surface area contributed by atoms with Crippen molar-refractivity contribution in [2.75, 3.05) is 5.32 Å². The summed E-state index contributed by atoms with van der Waals surface area (Å²) < 4.78 is 7.53. The fourth-order valence-corrected chi connectivity index (χ4v) is 4.16. The molecule has 5 aromatic rings. The maximum Gasteiger partial charge on any atom is 0.332 e. The number of hydrogen-bond donors (Lipinski definition) is 1. The molecule has 1 N–H and O–H groups in total. The van der Waals surface area contributed by atoms with Gasteiger partial charge >= 0.3 is 5.69 Å². The average Bonchev–Trinajstić information content (AvgIpc) is 3.35. The quantitative estimate of drug-likeness (QED) is 0.378. The van der Waals surface area contributed by atoms with Gasteiger partial charge in [0, 0.05) is 5.56 Å². The Morgan fingerprint density at radius 2 is 1.75 bits per heavy atom. The summed E-state index contributed by atoms with van der Waals surface area (Å²) in [4.78, 5) is 43.8. The molecule has 0 aliphatic carbocycles. The number of carbonyl (C=O) groups excluding carboxylic acids is 1. The fourth-order valence-electron chi connectivity index (χ4n) is 3.88. The number of benzene rings is 3. The van der Waals surface area contributed by atoms with Gasteiger partial charge in [-0.3, -0.25) is 18.7 Å². The number of aryl methyl sites for hydroxylation is 1. The molecule has 0 aliphatic rings. The van der Waals surface area contributed by atoms with Crippen LogP contribution in [0.25, 0.3) is 22.3 Å². The maximum atomic E-state index is 13.4. The lowest BCUT2D eigenvalue weighted by Crippen LogP contribution is -2.42. The minimum Gasteiger partial charge on any atom is -0.337 e. The highest BCUT2D eigenvalue weighted by Crippen LogP contribution is 2.22. The van der Waals surface area contributed by atoms with Gasteiger partial charge in [-0.2, -0.15) is 4.98 Å². The van der Waals surface area contributed by atoms with E-state index in [2.05, 4.69) is 15.5 Å². The second-order valence-electron chi connectivity index (χ2n) is 8.19. The summed E-state index contributed by atoms with van der Waals surface area (Å²) in [5.74, 6) is -0.0396. The molecule has 180 valence electrons. The van der Waals surface area contributed by atoms with Crippen molar-refractivity contribution in [3.05, 3.63) is 110 Å². The van der Waals surface area contributed by atoms with E-state index >= 15 is 0 Å². The molecule has 2 aromatic heterocycles. The number of amides is 1. The lowest BCUT2D eigenvalue weighted by Gasteiger charge is -2.14. The van der Waals surface area contributed by atoms with Crippen LogP contribution >= 0.6 is 11.6 Å². The predicted molar refractivity (Wildman–Crippen MR) is 136 cm³/mol. The van der Waals surface area contributed by atoms with Gasteiger partial charge in [-0.05, 0) is 36.8 Å². The van der Waals surface area contributed by atoms with Gasteiger partial charge < -0.3 is 9.84 Å². The minimum absolute atomic E-state index is 0.0887. The lowest BCUT2D eigenvalue weighted by molar-refractivity contribution is -0.116. The van der Waals surface area contributed by atoms with Gasteiger partial charge in [0.15, 0.2) is 0 Å². The standard InChI is InChI=1S/C26H20ClN5O4/c1-16-11-12-20(19(27)13-16)28-22(33)14-31-21-10-6-5-9-18(21)25(34)32(26(31)35)15-23-29-24(30-36-23)17-7-3-2-4-8-17/h2-13H,14-15H2,1H3,(H,28,33). The summed E-state index contributed by atoms with van der Waals surface area (Å²) in [7, 11) is 0. The molecule has 0 atom stereocenters. The monoisotopic (exact) mass is 501 g/mol. The third kappa shape index (κ3) is 4.56. The Morgan fingerprint density at radius 3 is 2.53 bits per heavy atom. The molecule has 3 aromatic carbocycles. The molecule has 0 unspecified atom stereocenters. The predicted octanol–water partition coefficient (Wildman–Crippen LogP) is 3.86. The van der Waals surface area contributed by atoms with Crippen LogP contribution in [-0.4, -0.2) is 25.2 Å². The Bertz CT molecular complexity index is 1710. The van der Waals surface area contributed by atoms with Gasteiger partial charge in [0.1, 0.15) is 13.1 Å². The molecule has 2 heterocycles. The highest BCUT2D eigenvalue weighted by molar-refractivity contribution is 6.33. The molecule has 9 nitrogen and oxygen atoms in total. The van der Waals surface area contributed by atoms with E-state index in [0.717, 1.165) is 15.7 Å². The zero-order chi connectivity index (χ0) is 25.2. The number of hydrogen-bond acceptors (Lipinski definition) is 6. The first kappa shape index (κ1) is 23.3. The topological polar surface area (TPSA) is 112 Å². The van der Waals surface area contributed by atoms with Crippen molar-refractivity contribution >= 4 is 34.1 Å². The maximum absolute atomic E-state index is 13.4. The van der Waals surface area contributed by atoms with Gasteiger partial charge in [0.2, 0.25) is 17.6 Å². The van der Waals surface area contributed by atoms with Gasteiger partial charge in [0.05, 0.1) is 21.6 Å². The van der Waals surface area contributed by atoms with Gasteiger partial charge in [-0.1, -0.05) is 65.3 Å². The highest BCUT2D eigenvalue weighted by Gasteiger charge is 2.18. The normalized spacial score (nSPS) is 11.1. The van der Waals surface area contributed by atoms with E-state index in [4.69, 9.17) is 16.1 Å². The first-order valence-electron chi connectivity index (χ1n) is 11.1. The Kier molecular flexibility index (Phi) is 6.22. The number of carbonyl (C=O) groups is 1. The zero-order valence-corrected chi connectivity index (χ0v) is 19.9. The molecule has 0 spiro atoms. The minimum atomic E-state index is -0.677. The van der Waals surface area contributed by atoms with Crippen molar-refractivity contribution in [1.82, 2.24) is 19.3 Å². The second-order valence-corrected chi connectivity index (χ2v) is 8.59.